The van der Waals surface area contributed by atoms with Gasteiger partial charge in [-0.25, -0.2) is 0 Å². The standard InChI is InChI=1S/C16H23NO2/c1-12-3-4-15(9-13(12)2)11-17-16(18)10-14-5-7-19-8-6-14/h3-4,9,14H,5-8,10-11H2,1-2H3,(H,17,18). The van der Waals surface area contributed by atoms with Gasteiger partial charge in [-0.1, -0.05) is 18.2 Å². The van der Waals surface area contributed by atoms with E-state index >= 15 is 0 Å². The number of hydrogen-bond donors (Lipinski definition) is 1. The summed E-state index contributed by atoms with van der Waals surface area (Å²) in [7, 11) is 0. The third-order valence-corrected chi connectivity index (χ3v) is 3.88. The Bertz CT molecular complexity index is 436. The van der Waals surface area contributed by atoms with Gasteiger partial charge >= 0.3 is 0 Å². The predicted octanol–water partition coefficient (Wildman–Crippen LogP) is 2.74. The van der Waals surface area contributed by atoms with Crippen LogP contribution in [0.25, 0.3) is 0 Å². The van der Waals surface area contributed by atoms with Crippen molar-refractivity contribution < 1.29 is 9.53 Å². The molecule has 1 aliphatic heterocycles. The first kappa shape index (κ1) is 14.1. The monoisotopic (exact) mass is 261 g/mol. The van der Waals surface area contributed by atoms with Gasteiger partial charge < -0.3 is 10.1 Å². The van der Waals surface area contributed by atoms with Crippen molar-refractivity contribution in [2.75, 3.05) is 13.2 Å². The van der Waals surface area contributed by atoms with E-state index in [1.807, 2.05) is 0 Å². The second kappa shape index (κ2) is 6.71. The fourth-order valence-corrected chi connectivity index (χ4v) is 2.40. The minimum Gasteiger partial charge on any atom is -0.381 e. The average Bonchev–Trinajstić information content (AvgIpc) is 2.41. The van der Waals surface area contributed by atoms with Gasteiger partial charge in [0, 0.05) is 26.2 Å². The normalized spacial score (nSPS) is 16.3. The number of hydrogen-bond acceptors (Lipinski definition) is 2. The highest BCUT2D eigenvalue weighted by molar-refractivity contribution is 5.76. The highest BCUT2D eigenvalue weighted by atomic mass is 16.5. The Hall–Kier alpha value is -1.35. The molecule has 3 nitrogen and oxygen atoms in total. The van der Waals surface area contributed by atoms with Crippen LogP contribution in [0, 0.1) is 19.8 Å². The lowest BCUT2D eigenvalue weighted by molar-refractivity contribution is -0.122. The minimum absolute atomic E-state index is 0.158. The van der Waals surface area contributed by atoms with Crippen molar-refractivity contribution in [3.63, 3.8) is 0 Å². The molecule has 0 aliphatic carbocycles. The molecule has 104 valence electrons. The van der Waals surface area contributed by atoms with Crippen LogP contribution in [0.2, 0.25) is 0 Å². The molecule has 0 unspecified atom stereocenters. The predicted molar refractivity (Wildman–Crippen MR) is 75.9 cm³/mol. The maximum absolute atomic E-state index is 11.9. The van der Waals surface area contributed by atoms with Gasteiger partial charge in [0.1, 0.15) is 0 Å². The van der Waals surface area contributed by atoms with Crippen LogP contribution in [-0.2, 0) is 16.1 Å². The van der Waals surface area contributed by atoms with E-state index in [9.17, 15) is 4.79 Å². The lowest BCUT2D eigenvalue weighted by Crippen LogP contribution is -2.27. The van der Waals surface area contributed by atoms with Gasteiger partial charge in [-0.2, -0.15) is 0 Å². The summed E-state index contributed by atoms with van der Waals surface area (Å²) in [6.07, 6.45) is 2.66. The summed E-state index contributed by atoms with van der Waals surface area (Å²) in [5.74, 6) is 0.652. The first-order valence-electron chi connectivity index (χ1n) is 7.05. The second-order valence-electron chi connectivity index (χ2n) is 5.46. The van der Waals surface area contributed by atoms with Crippen LogP contribution in [-0.4, -0.2) is 19.1 Å². The van der Waals surface area contributed by atoms with Crippen LogP contribution in [0.4, 0.5) is 0 Å². The number of rotatable bonds is 4. The molecule has 0 aromatic heterocycles. The van der Waals surface area contributed by atoms with Gasteiger partial charge in [-0.05, 0) is 49.3 Å². The summed E-state index contributed by atoms with van der Waals surface area (Å²) in [5.41, 5.74) is 3.73. The molecule has 19 heavy (non-hydrogen) atoms. The van der Waals surface area contributed by atoms with Crippen LogP contribution in [0.15, 0.2) is 18.2 Å². The van der Waals surface area contributed by atoms with E-state index in [1.54, 1.807) is 0 Å². The Morgan fingerprint density at radius 1 is 1.26 bits per heavy atom. The van der Waals surface area contributed by atoms with Crippen LogP contribution in [0.3, 0.4) is 0 Å². The fourth-order valence-electron chi connectivity index (χ4n) is 2.40. The molecule has 3 heteroatoms. The number of ether oxygens (including phenoxy) is 1. The zero-order valence-electron chi connectivity index (χ0n) is 11.9. The molecule has 0 spiro atoms. The molecule has 0 radical (unpaired) electrons. The molecular formula is C16H23NO2. The number of carbonyl (C=O) groups is 1. The molecule has 1 aliphatic rings. The topological polar surface area (TPSA) is 38.3 Å². The lowest BCUT2D eigenvalue weighted by atomic mass is 9.96. The first-order valence-corrected chi connectivity index (χ1v) is 7.05. The van der Waals surface area contributed by atoms with Crippen LogP contribution >= 0.6 is 0 Å². The summed E-state index contributed by atoms with van der Waals surface area (Å²) in [4.78, 5) is 11.9. The van der Waals surface area contributed by atoms with Crippen molar-refractivity contribution in [2.45, 2.75) is 39.7 Å². The maximum atomic E-state index is 11.9. The SMILES string of the molecule is Cc1ccc(CNC(=O)CC2CCOCC2)cc1C. The molecule has 1 aromatic carbocycles. The molecule has 0 saturated carbocycles. The van der Waals surface area contributed by atoms with Crippen molar-refractivity contribution in [1.29, 1.82) is 0 Å². The van der Waals surface area contributed by atoms with E-state index in [2.05, 4.69) is 37.4 Å². The highest BCUT2D eigenvalue weighted by Crippen LogP contribution is 2.18. The highest BCUT2D eigenvalue weighted by Gasteiger charge is 2.17. The number of aryl methyl sites for hydroxylation is 2. The van der Waals surface area contributed by atoms with Gasteiger partial charge in [0.05, 0.1) is 0 Å². The molecule has 0 bridgehead atoms. The Balaban J connectivity index is 1.77. The van der Waals surface area contributed by atoms with Gasteiger partial charge in [0.25, 0.3) is 0 Å². The third-order valence-electron chi connectivity index (χ3n) is 3.88. The quantitative estimate of drug-likeness (QED) is 0.905. The molecular weight excluding hydrogens is 238 g/mol. The lowest BCUT2D eigenvalue weighted by Gasteiger charge is -2.21. The summed E-state index contributed by atoms with van der Waals surface area (Å²) >= 11 is 0. The summed E-state index contributed by atoms with van der Waals surface area (Å²) in [5, 5.41) is 3.01. The molecule has 2 rings (SSSR count). The summed E-state index contributed by atoms with van der Waals surface area (Å²) < 4.78 is 5.30. The largest absolute Gasteiger partial charge is 0.381 e. The molecule has 1 saturated heterocycles. The van der Waals surface area contributed by atoms with Crippen molar-refractivity contribution in [1.82, 2.24) is 5.32 Å². The molecule has 1 N–H and O–H groups in total. The second-order valence-corrected chi connectivity index (χ2v) is 5.46. The first-order chi connectivity index (χ1) is 9.15. The third kappa shape index (κ3) is 4.35. The smallest absolute Gasteiger partial charge is 0.220 e. The van der Waals surface area contributed by atoms with Gasteiger partial charge in [0.15, 0.2) is 0 Å². The number of nitrogens with one attached hydrogen (secondary N) is 1. The molecule has 1 aromatic rings. The van der Waals surface area contributed by atoms with E-state index in [-0.39, 0.29) is 5.91 Å². The van der Waals surface area contributed by atoms with Crippen molar-refractivity contribution in [2.24, 2.45) is 5.92 Å². The zero-order chi connectivity index (χ0) is 13.7. The average molecular weight is 261 g/mol. The van der Waals surface area contributed by atoms with Gasteiger partial charge in [-0.3, -0.25) is 4.79 Å². The Kier molecular flexibility index (Phi) is 4.97. The van der Waals surface area contributed by atoms with E-state index in [0.29, 0.717) is 18.9 Å². The van der Waals surface area contributed by atoms with Crippen molar-refractivity contribution >= 4 is 5.91 Å². The fraction of sp³-hybridized carbons (Fsp3) is 0.562. The maximum Gasteiger partial charge on any atom is 0.220 e. The Morgan fingerprint density at radius 3 is 2.68 bits per heavy atom. The molecule has 1 heterocycles. The molecule has 1 fully saturated rings. The van der Waals surface area contributed by atoms with E-state index in [4.69, 9.17) is 4.74 Å². The molecule has 1 amide bonds. The van der Waals surface area contributed by atoms with E-state index in [1.165, 1.54) is 16.7 Å². The van der Waals surface area contributed by atoms with E-state index in [0.717, 1.165) is 26.1 Å². The zero-order valence-corrected chi connectivity index (χ0v) is 11.9. The van der Waals surface area contributed by atoms with Gasteiger partial charge in [-0.15, -0.1) is 0 Å². The molecule has 0 atom stereocenters. The van der Waals surface area contributed by atoms with Crippen molar-refractivity contribution in [3.05, 3.63) is 34.9 Å². The Labute approximate surface area is 115 Å². The van der Waals surface area contributed by atoms with E-state index < -0.39 is 0 Å². The van der Waals surface area contributed by atoms with Gasteiger partial charge in [0.2, 0.25) is 5.91 Å². The summed E-state index contributed by atoms with van der Waals surface area (Å²) in [6.45, 7) is 6.43. The minimum atomic E-state index is 0.158. The van der Waals surface area contributed by atoms with Crippen LogP contribution in [0.1, 0.15) is 36.0 Å². The summed E-state index contributed by atoms with van der Waals surface area (Å²) in [6, 6.07) is 6.33. The van der Waals surface area contributed by atoms with Crippen molar-refractivity contribution in [3.8, 4) is 0 Å². The van der Waals surface area contributed by atoms with Crippen LogP contribution in [0.5, 0.6) is 0 Å². The van der Waals surface area contributed by atoms with Crippen LogP contribution < -0.4 is 5.32 Å². The number of amides is 1. The number of carbonyl (C=O) groups excluding carboxylic acids is 1. The Morgan fingerprint density at radius 2 is 2.00 bits per heavy atom. The number of benzene rings is 1.